The van der Waals surface area contributed by atoms with Crippen molar-refractivity contribution in [1.29, 1.82) is 0 Å². The number of benzene rings is 1. The maximum absolute atomic E-state index is 12.0. The molecule has 0 saturated carbocycles. The predicted octanol–water partition coefficient (Wildman–Crippen LogP) is 2.10. The van der Waals surface area contributed by atoms with E-state index in [0.717, 1.165) is 11.8 Å². The highest BCUT2D eigenvalue weighted by atomic mass is 16.5. The molecule has 0 unspecified atom stereocenters. The molecule has 4 nitrogen and oxygen atoms in total. The maximum Gasteiger partial charge on any atom is 0.316 e. The van der Waals surface area contributed by atoms with Crippen LogP contribution in [0.2, 0.25) is 0 Å². The second-order valence-electron chi connectivity index (χ2n) is 4.26. The van der Waals surface area contributed by atoms with E-state index in [9.17, 15) is 9.59 Å². The van der Waals surface area contributed by atoms with Crippen molar-refractivity contribution in [2.75, 3.05) is 14.2 Å². The van der Waals surface area contributed by atoms with Gasteiger partial charge >= 0.3 is 5.97 Å². The largest absolute Gasteiger partial charge is 0.497 e. The number of methoxy groups -OCH3 is 2. The Balaban J connectivity index is 3.15. The van der Waals surface area contributed by atoms with E-state index in [2.05, 4.69) is 0 Å². The fourth-order valence-corrected chi connectivity index (χ4v) is 1.90. The third-order valence-corrected chi connectivity index (χ3v) is 3.10. The number of carbonyl (C=O) groups excluding carboxylic acids is 2. The van der Waals surface area contributed by atoms with Gasteiger partial charge in [0.15, 0.2) is 0 Å². The maximum atomic E-state index is 12.0. The molecule has 0 radical (unpaired) electrons. The summed E-state index contributed by atoms with van der Waals surface area (Å²) in [5.74, 6) is 0.325. The fraction of sp³-hybridized carbons (Fsp3) is 0.429. The van der Waals surface area contributed by atoms with E-state index in [4.69, 9.17) is 9.47 Å². The molecule has 18 heavy (non-hydrogen) atoms. The van der Waals surface area contributed by atoms with Crippen molar-refractivity contribution in [2.24, 2.45) is 0 Å². The van der Waals surface area contributed by atoms with Gasteiger partial charge in [0, 0.05) is 6.42 Å². The third kappa shape index (κ3) is 2.88. The van der Waals surface area contributed by atoms with E-state index in [1.807, 2.05) is 12.1 Å². The molecule has 0 aliphatic carbocycles. The normalized spacial score (nSPS) is 13.5. The Morgan fingerprint density at radius 2 is 2.11 bits per heavy atom. The van der Waals surface area contributed by atoms with Gasteiger partial charge in [-0.05, 0) is 31.0 Å². The Morgan fingerprint density at radius 1 is 1.39 bits per heavy atom. The van der Waals surface area contributed by atoms with E-state index in [1.54, 1.807) is 26.2 Å². The van der Waals surface area contributed by atoms with Crippen LogP contribution in [0.15, 0.2) is 24.3 Å². The summed E-state index contributed by atoms with van der Waals surface area (Å²) >= 11 is 0. The molecule has 0 spiro atoms. The number of hydrogen-bond donors (Lipinski definition) is 0. The molecule has 0 heterocycles. The Bertz CT molecular complexity index is 428. The van der Waals surface area contributed by atoms with Crippen LogP contribution in [-0.4, -0.2) is 26.5 Å². The summed E-state index contributed by atoms with van der Waals surface area (Å²) in [5.41, 5.74) is -0.0416. The zero-order valence-corrected chi connectivity index (χ0v) is 10.9. The van der Waals surface area contributed by atoms with Crippen molar-refractivity contribution in [3.8, 4) is 5.75 Å². The fourth-order valence-electron chi connectivity index (χ4n) is 1.90. The van der Waals surface area contributed by atoms with E-state index in [1.165, 1.54) is 7.11 Å². The van der Waals surface area contributed by atoms with Gasteiger partial charge in [-0.2, -0.15) is 0 Å². The van der Waals surface area contributed by atoms with Crippen LogP contribution in [-0.2, 0) is 19.7 Å². The van der Waals surface area contributed by atoms with Crippen molar-refractivity contribution in [3.63, 3.8) is 0 Å². The van der Waals surface area contributed by atoms with Gasteiger partial charge in [-0.3, -0.25) is 4.79 Å². The monoisotopic (exact) mass is 250 g/mol. The topological polar surface area (TPSA) is 52.6 Å². The molecule has 1 aromatic rings. The molecule has 4 heteroatoms. The lowest BCUT2D eigenvalue weighted by molar-refractivity contribution is -0.147. The van der Waals surface area contributed by atoms with Crippen LogP contribution in [0.25, 0.3) is 0 Å². The Labute approximate surface area is 107 Å². The summed E-state index contributed by atoms with van der Waals surface area (Å²) in [6, 6.07) is 7.25. The summed E-state index contributed by atoms with van der Waals surface area (Å²) in [6.07, 6.45) is 1.53. The van der Waals surface area contributed by atoms with Crippen LogP contribution >= 0.6 is 0 Å². The van der Waals surface area contributed by atoms with Crippen LogP contribution in [0.4, 0.5) is 0 Å². The summed E-state index contributed by atoms with van der Waals surface area (Å²) in [5, 5.41) is 0. The molecular formula is C14H18O4. The standard InChI is InChI=1S/C14H18O4/c1-14(8-5-9-15,13(16)18-3)11-6-4-7-12(10-11)17-2/h4,6-7,9-10H,5,8H2,1-3H3/t14-/m0/s1. The lowest BCUT2D eigenvalue weighted by atomic mass is 9.78. The highest BCUT2D eigenvalue weighted by Gasteiger charge is 2.36. The van der Waals surface area contributed by atoms with Crippen molar-refractivity contribution in [1.82, 2.24) is 0 Å². The van der Waals surface area contributed by atoms with Crippen molar-refractivity contribution in [2.45, 2.75) is 25.2 Å². The molecular weight excluding hydrogens is 232 g/mol. The highest BCUT2D eigenvalue weighted by Crippen LogP contribution is 2.32. The highest BCUT2D eigenvalue weighted by molar-refractivity contribution is 5.83. The van der Waals surface area contributed by atoms with E-state index in [-0.39, 0.29) is 5.97 Å². The third-order valence-electron chi connectivity index (χ3n) is 3.10. The Morgan fingerprint density at radius 3 is 2.67 bits per heavy atom. The molecule has 0 aliphatic heterocycles. The van der Waals surface area contributed by atoms with Gasteiger partial charge in [0.25, 0.3) is 0 Å². The number of hydrogen-bond acceptors (Lipinski definition) is 4. The minimum atomic E-state index is -0.829. The van der Waals surface area contributed by atoms with Crippen molar-refractivity contribution < 1.29 is 19.1 Å². The zero-order chi connectivity index (χ0) is 13.6. The lowest BCUT2D eigenvalue weighted by Gasteiger charge is -2.26. The first-order chi connectivity index (χ1) is 8.58. The van der Waals surface area contributed by atoms with Gasteiger partial charge in [0.05, 0.1) is 19.6 Å². The predicted molar refractivity (Wildman–Crippen MR) is 67.7 cm³/mol. The summed E-state index contributed by atoms with van der Waals surface area (Å²) in [7, 11) is 2.92. The minimum Gasteiger partial charge on any atom is -0.497 e. The van der Waals surface area contributed by atoms with Crippen LogP contribution in [0.1, 0.15) is 25.3 Å². The van der Waals surface area contributed by atoms with Gasteiger partial charge in [0.2, 0.25) is 0 Å². The molecule has 0 aliphatic rings. The van der Waals surface area contributed by atoms with E-state index >= 15 is 0 Å². The first-order valence-corrected chi connectivity index (χ1v) is 5.75. The van der Waals surface area contributed by atoms with Gasteiger partial charge in [-0.1, -0.05) is 12.1 Å². The molecule has 0 bridgehead atoms. The SMILES string of the molecule is COC(=O)[C@@](C)(CCC=O)c1cccc(OC)c1. The number of rotatable bonds is 6. The Kier molecular flexibility index (Phi) is 4.89. The van der Waals surface area contributed by atoms with Crippen molar-refractivity contribution in [3.05, 3.63) is 29.8 Å². The molecule has 98 valence electrons. The molecule has 0 aromatic heterocycles. The summed E-state index contributed by atoms with van der Waals surface area (Å²) < 4.78 is 9.99. The van der Waals surface area contributed by atoms with Gasteiger partial charge < -0.3 is 14.3 Å². The average Bonchev–Trinajstić information content (AvgIpc) is 2.43. The van der Waals surface area contributed by atoms with Crippen LogP contribution < -0.4 is 4.74 Å². The van der Waals surface area contributed by atoms with Gasteiger partial charge in [0.1, 0.15) is 12.0 Å². The summed E-state index contributed by atoms with van der Waals surface area (Å²) in [6.45, 7) is 1.77. The number of aldehydes is 1. The number of esters is 1. The quantitative estimate of drug-likeness (QED) is 0.573. The van der Waals surface area contributed by atoms with Crippen LogP contribution in [0.3, 0.4) is 0 Å². The molecule has 1 rings (SSSR count). The molecule has 0 amide bonds. The van der Waals surface area contributed by atoms with E-state index in [0.29, 0.717) is 18.6 Å². The van der Waals surface area contributed by atoms with Gasteiger partial charge in [-0.25, -0.2) is 0 Å². The van der Waals surface area contributed by atoms with Crippen LogP contribution in [0, 0.1) is 0 Å². The second kappa shape index (κ2) is 6.19. The lowest BCUT2D eigenvalue weighted by Crippen LogP contribution is -2.34. The molecule has 1 aromatic carbocycles. The first-order valence-electron chi connectivity index (χ1n) is 5.75. The molecule has 0 N–H and O–H groups in total. The first kappa shape index (κ1) is 14.2. The van der Waals surface area contributed by atoms with Gasteiger partial charge in [-0.15, -0.1) is 0 Å². The molecule has 0 saturated heterocycles. The minimum absolute atomic E-state index is 0.308. The number of ether oxygens (including phenoxy) is 2. The second-order valence-corrected chi connectivity index (χ2v) is 4.26. The molecule has 0 fully saturated rings. The van der Waals surface area contributed by atoms with E-state index < -0.39 is 5.41 Å². The smallest absolute Gasteiger partial charge is 0.316 e. The average molecular weight is 250 g/mol. The van der Waals surface area contributed by atoms with Crippen molar-refractivity contribution >= 4 is 12.3 Å². The van der Waals surface area contributed by atoms with Crippen LogP contribution in [0.5, 0.6) is 5.75 Å². The number of carbonyl (C=O) groups is 2. The Hall–Kier alpha value is -1.84. The zero-order valence-electron chi connectivity index (χ0n) is 10.9. The summed E-state index contributed by atoms with van der Waals surface area (Å²) in [4.78, 5) is 22.5. The molecule has 1 atom stereocenters.